The van der Waals surface area contributed by atoms with Crippen molar-refractivity contribution >= 4 is 5.90 Å². The lowest BCUT2D eigenvalue weighted by atomic mass is 9.78. The molecule has 1 heterocycles. The third kappa shape index (κ3) is 3.29. The molecule has 0 saturated heterocycles. The van der Waals surface area contributed by atoms with E-state index >= 15 is 0 Å². The van der Waals surface area contributed by atoms with Crippen LogP contribution in [0.2, 0.25) is 0 Å². The molecule has 0 aromatic rings. The van der Waals surface area contributed by atoms with Crippen LogP contribution in [-0.2, 0) is 4.74 Å². The van der Waals surface area contributed by atoms with Crippen LogP contribution in [0.4, 0.5) is 8.78 Å². The Morgan fingerprint density at radius 2 is 2.07 bits per heavy atom. The number of nitrogens with zero attached hydrogens (tertiary/aromatic N) is 1. The van der Waals surface area contributed by atoms with Crippen molar-refractivity contribution in [2.75, 3.05) is 0 Å². The molecule has 86 valence electrons. The van der Waals surface area contributed by atoms with Gasteiger partial charge in [-0.05, 0) is 16.9 Å². The van der Waals surface area contributed by atoms with Crippen LogP contribution in [0.15, 0.2) is 16.8 Å². The molecule has 0 bridgehead atoms. The summed E-state index contributed by atoms with van der Waals surface area (Å²) in [4.78, 5) is 3.92. The summed E-state index contributed by atoms with van der Waals surface area (Å²) in [5, 5.41) is 0. The quantitative estimate of drug-likeness (QED) is 0.657. The van der Waals surface area contributed by atoms with Gasteiger partial charge in [0.2, 0.25) is 0 Å². The summed E-state index contributed by atoms with van der Waals surface area (Å²) < 4.78 is 28.2. The Balaban J connectivity index is 2.79. The predicted molar refractivity (Wildman–Crippen MR) is 55.8 cm³/mol. The normalized spacial score (nSPS) is 22.5. The summed E-state index contributed by atoms with van der Waals surface area (Å²) in [6.07, 6.45) is 2.11. The summed E-state index contributed by atoms with van der Waals surface area (Å²) in [6.45, 7) is 5.48. The van der Waals surface area contributed by atoms with E-state index in [9.17, 15) is 8.78 Å². The molecule has 4 heteroatoms. The molecule has 1 rings (SSSR count). The van der Waals surface area contributed by atoms with Gasteiger partial charge in [0, 0.05) is 12.6 Å². The summed E-state index contributed by atoms with van der Waals surface area (Å²) in [5.74, 6) is 0.335. The van der Waals surface area contributed by atoms with Crippen LogP contribution in [0.1, 0.15) is 34.1 Å². The van der Waals surface area contributed by atoms with Crippen LogP contribution >= 0.6 is 0 Å². The second-order valence-electron chi connectivity index (χ2n) is 4.84. The summed E-state index contributed by atoms with van der Waals surface area (Å²) in [5.41, 5.74) is 1.20. The number of halogens is 2. The van der Waals surface area contributed by atoms with Crippen LogP contribution in [0.3, 0.4) is 0 Å². The summed E-state index contributed by atoms with van der Waals surface area (Å²) >= 11 is 0. The number of aliphatic imine (C=N–C) groups is 1. The molecular weight excluding hydrogens is 200 g/mol. The zero-order chi connectivity index (χ0) is 11.6. The summed E-state index contributed by atoms with van der Waals surface area (Å²) in [7, 11) is 0. The van der Waals surface area contributed by atoms with Gasteiger partial charge in [0.25, 0.3) is 0 Å². The highest BCUT2D eigenvalue weighted by Crippen LogP contribution is 2.35. The van der Waals surface area contributed by atoms with E-state index in [1.807, 2.05) is 6.92 Å². The van der Waals surface area contributed by atoms with Gasteiger partial charge < -0.3 is 4.74 Å². The highest BCUT2D eigenvalue weighted by molar-refractivity contribution is 5.78. The fourth-order valence-corrected chi connectivity index (χ4v) is 1.81. The van der Waals surface area contributed by atoms with Gasteiger partial charge in [-0.1, -0.05) is 27.7 Å². The first-order valence-electron chi connectivity index (χ1n) is 5.02. The Labute approximate surface area is 89.0 Å². The van der Waals surface area contributed by atoms with E-state index < -0.39 is 6.61 Å². The maximum Gasteiger partial charge on any atom is 0.388 e. The molecule has 0 N–H and O–H groups in total. The standard InChI is InChI=1S/C11H17F2NO/c1-7-5-9(15-10(12)13)14-6-8(7)11(2,3)4/h6-7,10H,5H2,1-4H3. The zero-order valence-electron chi connectivity index (χ0n) is 9.55. The van der Waals surface area contributed by atoms with E-state index in [1.54, 1.807) is 6.20 Å². The van der Waals surface area contributed by atoms with Gasteiger partial charge in [-0.3, -0.25) is 0 Å². The average Bonchev–Trinajstić information content (AvgIpc) is 1.99. The van der Waals surface area contributed by atoms with E-state index in [1.165, 1.54) is 5.57 Å². The lowest BCUT2D eigenvalue weighted by Crippen LogP contribution is -2.23. The lowest BCUT2D eigenvalue weighted by molar-refractivity contribution is -0.0628. The number of hydrogen-bond donors (Lipinski definition) is 0. The molecule has 15 heavy (non-hydrogen) atoms. The van der Waals surface area contributed by atoms with Gasteiger partial charge in [-0.2, -0.15) is 8.78 Å². The van der Waals surface area contributed by atoms with Crippen molar-refractivity contribution in [1.82, 2.24) is 0 Å². The highest BCUT2D eigenvalue weighted by Gasteiger charge is 2.27. The molecule has 2 nitrogen and oxygen atoms in total. The average molecular weight is 217 g/mol. The molecule has 0 aliphatic carbocycles. The van der Waals surface area contributed by atoms with Crippen molar-refractivity contribution in [2.24, 2.45) is 16.3 Å². The molecule has 1 aliphatic heterocycles. The number of allylic oxidation sites excluding steroid dienone is 1. The maximum absolute atomic E-state index is 12.0. The van der Waals surface area contributed by atoms with Gasteiger partial charge in [-0.25, -0.2) is 4.99 Å². The first-order valence-corrected chi connectivity index (χ1v) is 5.02. The molecule has 0 aromatic heterocycles. The molecule has 0 saturated carbocycles. The minimum absolute atomic E-state index is 0.0271. The monoisotopic (exact) mass is 217 g/mol. The van der Waals surface area contributed by atoms with Crippen molar-refractivity contribution in [1.29, 1.82) is 0 Å². The first kappa shape index (κ1) is 12.1. The molecule has 0 fully saturated rings. The van der Waals surface area contributed by atoms with Gasteiger partial charge in [0.05, 0.1) is 0 Å². The number of alkyl halides is 2. The fourth-order valence-electron chi connectivity index (χ4n) is 1.81. The number of rotatable bonds is 1. The first-order chi connectivity index (χ1) is 6.80. The lowest BCUT2D eigenvalue weighted by Gasteiger charge is -2.30. The number of ether oxygens (including phenoxy) is 1. The Hall–Kier alpha value is -0.930. The van der Waals surface area contributed by atoms with Crippen molar-refractivity contribution in [3.8, 4) is 0 Å². The fraction of sp³-hybridized carbons (Fsp3) is 0.727. The highest BCUT2D eigenvalue weighted by atomic mass is 19.3. The summed E-state index contributed by atoms with van der Waals surface area (Å²) in [6, 6.07) is 0. The minimum atomic E-state index is -2.78. The van der Waals surface area contributed by atoms with Crippen molar-refractivity contribution in [2.45, 2.75) is 40.7 Å². The molecule has 0 radical (unpaired) electrons. The van der Waals surface area contributed by atoms with Crippen molar-refractivity contribution < 1.29 is 13.5 Å². The topological polar surface area (TPSA) is 21.6 Å². The second kappa shape index (κ2) is 4.29. The largest absolute Gasteiger partial charge is 0.421 e. The predicted octanol–water partition coefficient (Wildman–Crippen LogP) is 3.59. The van der Waals surface area contributed by atoms with E-state index in [0.717, 1.165) is 0 Å². The van der Waals surface area contributed by atoms with E-state index in [0.29, 0.717) is 6.42 Å². The zero-order valence-corrected chi connectivity index (χ0v) is 9.55. The second-order valence-corrected chi connectivity index (χ2v) is 4.84. The van der Waals surface area contributed by atoms with Gasteiger partial charge in [0.15, 0.2) is 5.90 Å². The van der Waals surface area contributed by atoms with Crippen LogP contribution < -0.4 is 0 Å². The third-order valence-electron chi connectivity index (χ3n) is 2.45. The molecule has 1 atom stereocenters. The number of hydrogen-bond acceptors (Lipinski definition) is 2. The molecule has 1 aliphatic rings. The Morgan fingerprint density at radius 1 is 1.47 bits per heavy atom. The van der Waals surface area contributed by atoms with E-state index in [-0.39, 0.29) is 17.2 Å². The van der Waals surface area contributed by atoms with Gasteiger partial charge in [0.1, 0.15) is 0 Å². The van der Waals surface area contributed by atoms with E-state index in [2.05, 4.69) is 30.5 Å². The molecule has 0 aromatic carbocycles. The van der Waals surface area contributed by atoms with Crippen LogP contribution in [0.5, 0.6) is 0 Å². The Morgan fingerprint density at radius 3 is 2.47 bits per heavy atom. The van der Waals surface area contributed by atoms with Crippen LogP contribution in [0, 0.1) is 11.3 Å². The molecular formula is C11H17F2NO. The third-order valence-corrected chi connectivity index (χ3v) is 2.45. The van der Waals surface area contributed by atoms with Crippen molar-refractivity contribution in [3.05, 3.63) is 11.8 Å². The molecule has 0 spiro atoms. The molecule has 1 unspecified atom stereocenters. The van der Waals surface area contributed by atoms with Gasteiger partial charge >= 0.3 is 6.61 Å². The Kier molecular flexibility index (Phi) is 3.47. The smallest absolute Gasteiger partial charge is 0.388 e. The van der Waals surface area contributed by atoms with E-state index in [4.69, 9.17) is 0 Å². The molecule has 0 amide bonds. The SMILES string of the molecule is CC1CC(OC(F)F)=NC=C1C(C)(C)C. The van der Waals surface area contributed by atoms with Gasteiger partial charge in [-0.15, -0.1) is 0 Å². The minimum Gasteiger partial charge on any atom is -0.421 e. The van der Waals surface area contributed by atoms with Crippen LogP contribution in [0.25, 0.3) is 0 Å². The van der Waals surface area contributed by atoms with Crippen molar-refractivity contribution in [3.63, 3.8) is 0 Å². The maximum atomic E-state index is 12.0. The Bertz CT molecular complexity index is 289. The van der Waals surface area contributed by atoms with Crippen LogP contribution in [-0.4, -0.2) is 12.5 Å².